The van der Waals surface area contributed by atoms with E-state index in [-0.39, 0.29) is 0 Å². The Morgan fingerprint density at radius 1 is 1.60 bits per heavy atom. The number of aryl methyl sites for hydroxylation is 2. The summed E-state index contributed by atoms with van der Waals surface area (Å²) in [5.74, 6) is 2.17. The summed E-state index contributed by atoms with van der Waals surface area (Å²) < 4.78 is 2.08. The minimum Gasteiger partial charge on any atom is -0.328 e. The molecule has 0 spiro atoms. The molecule has 0 aliphatic rings. The third-order valence-electron chi connectivity index (χ3n) is 2.25. The van der Waals surface area contributed by atoms with E-state index in [0.717, 1.165) is 30.2 Å². The predicted molar refractivity (Wildman–Crippen MR) is 67.1 cm³/mol. The van der Waals surface area contributed by atoms with Crippen molar-refractivity contribution in [1.29, 1.82) is 0 Å². The fourth-order valence-corrected chi connectivity index (χ4v) is 2.56. The lowest BCUT2D eigenvalue weighted by molar-refractivity contribution is 0.631. The molecule has 86 valence electrons. The molecule has 0 saturated heterocycles. The molecule has 1 rings (SSSR count). The van der Waals surface area contributed by atoms with Crippen molar-refractivity contribution in [1.82, 2.24) is 9.78 Å². The molecule has 0 saturated carbocycles. The van der Waals surface area contributed by atoms with Gasteiger partial charge in [0.1, 0.15) is 0 Å². The monoisotopic (exact) mass is 227 g/mol. The Morgan fingerprint density at radius 3 is 2.93 bits per heavy atom. The molecule has 0 fully saturated rings. The first-order chi connectivity index (χ1) is 7.13. The van der Waals surface area contributed by atoms with Gasteiger partial charge in [0.05, 0.1) is 5.69 Å². The van der Waals surface area contributed by atoms with Crippen LogP contribution in [0.25, 0.3) is 0 Å². The van der Waals surface area contributed by atoms with Crippen LogP contribution in [0.3, 0.4) is 0 Å². The minimum absolute atomic E-state index is 0.315. The standard InChI is InChI=1S/C11H21N3S/c1-4-14-11(7-10(3)13-14)8-15-6-5-9(2)12/h7,9H,4-6,8,12H2,1-3H3. The topological polar surface area (TPSA) is 43.8 Å². The van der Waals surface area contributed by atoms with E-state index in [0.29, 0.717) is 6.04 Å². The summed E-state index contributed by atoms with van der Waals surface area (Å²) in [5.41, 5.74) is 8.14. The first kappa shape index (κ1) is 12.6. The third-order valence-corrected chi connectivity index (χ3v) is 3.28. The predicted octanol–water partition coefficient (Wildman–Crippen LogP) is 2.18. The van der Waals surface area contributed by atoms with Gasteiger partial charge in [0.2, 0.25) is 0 Å². The van der Waals surface area contributed by atoms with Crippen molar-refractivity contribution in [2.45, 2.75) is 45.5 Å². The Balaban J connectivity index is 2.36. The summed E-state index contributed by atoms with van der Waals surface area (Å²) in [7, 11) is 0. The largest absolute Gasteiger partial charge is 0.328 e. The van der Waals surface area contributed by atoms with Gasteiger partial charge in [0, 0.05) is 24.0 Å². The van der Waals surface area contributed by atoms with Crippen molar-refractivity contribution in [3.8, 4) is 0 Å². The van der Waals surface area contributed by atoms with Crippen molar-refractivity contribution >= 4 is 11.8 Å². The van der Waals surface area contributed by atoms with Crippen LogP contribution in [0.15, 0.2) is 6.07 Å². The molecular formula is C11H21N3S. The highest BCUT2D eigenvalue weighted by atomic mass is 32.2. The van der Waals surface area contributed by atoms with Gasteiger partial charge in [0.15, 0.2) is 0 Å². The molecule has 3 nitrogen and oxygen atoms in total. The highest BCUT2D eigenvalue weighted by Gasteiger charge is 2.03. The molecule has 4 heteroatoms. The van der Waals surface area contributed by atoms with Gasteiger partial charge in [0.25, 0.3) is 0 Å². The molecule has 1 heterocycles. The molecule has 15 heavy (non-hydrogen) atoms. The number of hydrogen-bond acceptors (Lipinski definition) is 3. The van der Waals surface area contributed by atoms with E-state index < -0.39 is 0 Å². The zero-order valence-electron chi connectivity index (χ0n) is 9.86. The van der Waals surface area contributed by atoms with Crippen LogP contribution in [0.5, 0.6) is 0 Å². The highest BCUT2D eigenvalue weighted by Crippen LogP contribution is 2.14. The van der Waals surface area contributed by atoms with Crippen LogP contribution < -0.4 is 5.73 Å². The van der Waals surface area contributed by atoms with Gasteiger partial charge >= 0.3 is 0 Å². The Kier molecular flexibility index (Phi) is 5.19. The van der Waals surface area contributed by atoms with Crippen LogP contribution in [0.1, 0.15) is 31.7 Å². The molecule has 0 aromatic carbocycles. The van der Waals surface area contributed by atoms with Crippen molar-refractivity contribution in [2.24, 2.45) is 5.73 Å². The maximum absolute atomic E-state index is 5.70. The highest BCUT2D eigenvalue weighted by molar-refractivity contribution is 7.98. The molecule has 2 N–H and O–H groups in total. The lowest BCUT2D eigenvalue weighted by Gasteiger charge is -2.06. The second kappa shape index (κ2) is 6.18. The van der Waals surface area contributed by atoms with Crippen molar-refractivity contribution in [3.63, 3.8) is 0 Å². The second-order valence-corrected chi connectivity index (χ2v) is 5.02. The average Bonchev–Trinajstić information content (AvgIpc) is 2.53. The molecule has 0 aliphatic carbocycles. The van der Waals surface area contributed by atoms with Gasteiger partial charge in [-0.1, -0.05) is 0 Å². The summed E-state index contributed by atoms with van der Waals surface area (Å²) in [6.07, 6.45) is 1.09. The normalized spacial score (nSPS) is 13.1. The van der Waals surface area contributed by atoms with E-state index in [1.54, 1.807) is 0 Å². The van der Waals surface area contributed by atoms with E-state index in [1.165, 1.54) is 5.69 Å². The molecular weight excluding hydrogens is 206 g/mol. The maximum atomic E-state index is 5.70. The second-order valence-electron chi connectivity index (χ2n) is 3.91. The van der Waals surface area contributed by atoms with Gasteiger partial charge in [-0.05, 0) is 39.0 Å². The fraction of sp³-hybridized carbons (Fsp3) is 0.727. The SMILES string of the molecule is CCn1nc(C)cc1CSCCC(C)N. The van der Waals surface area contributed by atoms with Crippen LogP contribution in [0, 0.1) is 6.92 Å². The number of hydrogen-bond donors (Lipinski definition) is 1. The van der Waals surface area contributed by atoms with Gasteiger partial charge < -0.3 is 5.73 Å². The van der Waals surface area contributed by atoms with Crippen LogP contribution in [0.4, 0.5) is 0 Å². The van der Waals surface area contributed by atoms with Gasteiger partial charge in [-0.2, -0.15) is 16.9 Å². The number of thioether (sulfide) groups is 1. The van der Waals surface area contributed by atoms with E-state index in [2.05, 4.69) is 29.7 Å². The van der Waals surface area contributed by atoms with E-state index >= 15 is 0 Å². The summed E-state index contributed by atoms with van der Waals surface area (Å²) in [5, 5.41) is 4.42. The van der Waals surface area contributed by atoms with Gasteiger partial charge in [-0.25, -0.2) is 0 Å². The molecule has 0 amide bonds. The van der Waals surface area contributed by atoms with E-state index in [9.17, 15) is 0 Å². The van der Waals surface area contributed by atoms with E-state index in [1.807, 2.05) is 18.7 Å². The molecule has 1 aromatic rings. The van der Waals surface area contributed by atoms with Gasteiger partial charge in [-0.15, -0.1) is 0 Å². The Morgan fingerprint density at radius 2 is 2.33 bits per heavy atom. The summed E-state index contributed by atoms with van der Waals surface area (Å²) in [6.45, 7) is 7.18. The zero-order valence-corrected chi connectivity index (χ0v) is 10.7. The molecule has 0 radical (unpaired) electrons. The molecule has 1 aromatic heterocycles. The number of rotatable bonds is 6. The Hall–Kier alpha value is -0.480. The lowest BCUT2D eigenvalue weighted by atomic mass is 10.3. The molecule has 1 unspecified atom stereocenters. The summed E-state index contributed by atoms with van der Waals surface area (Å²) in [4.78, 5) is 0. The first-order valence-electron chi connectivity index (χ1n) is 5.50. The van der Waals surface area contributed by atoms with E-state index in [4.69, 9.17) is 5.73 Å². The lowest BCUT2D eigenvalue weighted by Crippen LogP contribution is -2.15. The summed E-state index contributed by atoms with van der Waals surface area (Å²) >= 11 is 1.94. The van der Waals surface area contributed by atoms with Crippen LogP contribution in [-0.2, 0) is 12.3 Å². The maximum Gasteiger partial charge on any atom is 0.0596 e. The third kappa shape index (κ3) is 4.26. The van der Waals surface area contributed by atoms with Crippen LogP contribution in [-0.4, -0.2) is 21.6 Å². The Bertz CT molecular complexity index is 294. The van der Waals surface area contributed by atoms with Crippen LogP contribution in [0.2, 0.25) is 0 Å². The quantitative estimate of drug-likeness (QED) is 0.758. The zero-order chi connectivity index (χ0) is 11.3. The van der Waals surface area contributed by atoms with Crippen molar-refractivity contribution in [2.75, 3.05) is 5.75 Å². The molecule has 0 aliphatic heterocycles. The Labute approximate surface area is 96.4 Å². The molecule has 1 atom stereocenters. The first-order valence-corrected chi connectivity index (χ1v) is 6.65. The van der Waals surface area contributed by atoms with Crippen LogP contribution >= 0.6 is 11.8 Å². The smallest absolute Gasteiger partial charge is 0.0596 e. The summed E-state index contributed by atoms with van der Waals surface area (Å²) in [6, 6.07) is 2.48. The number of nitrogens with zero attached hydrogens (tertiary/aromatic N) is 2. The number of aromatic nitrogens is 2. The fourth-order valence-electron chi connectivity index (χ4n) is 1.44. The average molecular weight is 227 g/mol. The van der Waals surface area contributed by atoms with Gasteiger partial charge in [-0.3, -0.25) is 4.68 Å². The van der Waals surface area contributed by atoms with Crippen molar-refractivity contribution < 1.29 is 0 Å². The molecule has 0 bridgehead atoms. The minimum atomic E-state index is 0.315. The number of nitrogens with two attached hydrogens (primary N) is 1. The van der Waals surface area contributed by atoms with Crippen molar-refractivity contribution in [3.05, 3.63) is 17.5 Å².